The zero-order valence-electron chi connectivity index (χ0n) is 13.5. The van der Waals surface area contributed by atoms with Gasteiger partial charge in [0.05, 0.1) is 7.11 Å². The Morgan fingerprint density at radius 2 is 1.96 bits per heavy atom. The van der Waals surface area contributed by atoms with E-state index in [0.29, 0.717) is 12.3 Å². The van der Waals surface area contributed by atoms with Crippen LogP contribution in [-0.4, -0.2) is 32.4 Å². The predicted molar refractivity (Wildman–Crippen MR) is 97.8 cm³/mol. The third-order valence-electron chi connectivity index (χ3n) is 4.35. The summed E-state index contributed by atoms with van der Waals surface area (Å²) in [6, 6.07) is 15.1. The number of sulfonamides is 1. The maximum Gasteiger partial charge on any atom is 0.247 e. The molecule has 0 aliphatic carbocycles. The number of hydrogen-bond donors (Lipinski definition) is 0. The maximum absolute atomic E-state index is 13.2. The molecule has 1 atom stereocenters. The lowest BCUT2D eigenvalue weighted by Crippen LogP contribution is -2.37. The van der Waals surface area contributed by atoms with Crippen molar-refractivity contribution in [2.45, 2.75) is 30.2 Å². The zero-order chi connectivity index (χ0) is 17.2. The lowest BCUT2D eigenvalue weighted by molar-refractivity contribution is 0.374. The molecule has 0 bridgehead atoms. The van der Waals surface area contributed by atoms with E-state index in [0.717, 1.165) is 29.3 Å². The molecule has 0 saturated carbocycles. The molecule has 2 aromatic rings. The number of hydrogen-bond acceptors (Lipinski definition) is 3. The molecule has 1 saturated heterocycles. The first kappa shape index (κ1) is 17.5. The van der Waals surface area contributed by atoms with Gasteiger partial charge < -0.3 is 4.74 Å². The second kappa shape index (κ2) is 7.25. The van der Waals surface area contributed by atoms with Crippen molar-refractivity contribution in [3.63, 3.8) is 0 Å². The smallest absolute Gasteiger partial charge is 0.247 e. The van der Waals surface area contributed by atoms with Gasteiger partial charge >= 0.3 is 0 Å². The average Bonchev–Trinajstić information content (AvgIpc) is 3.04. The predicted octanol–water partition coefficient (Wildman–Crippen LogP) is 3.85. The topological polar surface area (TPSA) is 46.6 Å². The van der Waals surface area contributed by atoms with Crippen LogP contribution in [0, 0.1) is 0 Å². The van der Waals surface area contributed by atoms with Crippen LogP contribution in [0.5, 0.6) is 5.75 Å². The van der Waals surface area contributed by atoms with Crippen LogP contribution in [-0.2, 0) is 16.4 Å². The van der Waals surface area contributed by atoms with Gasteiger partial charge in [0.1, 0.15) is 10.6 Å². The van der Waals surface area contributed by atoms with E-state index >= 15 is 0 Å². The fourth-order valence-electron chi connectivity index (χ4n) is 3.19. The minimum absolute atomic E-state index is 0.0129. The van der Waals surface area contributed by atoms with Crippen LogP contribution < -0.4 is 4.74 Å². The normalized spacial score (nSPS) is 18.7. The molecule has 0 N–H and O–H groups in total. The lowest BCUT2D eigenvalue weighted by Gasteiger charge is -2.25. The average molecular weight is 410 g/mol. The molecule has 0 radical (unpaired) electrons. The number of halogens is 1. The molecule has 0 aromatic heterocycles. The first-order valence-corrected chi connectivity index (χ1v) is 10.1. The van der Waals surface area contributed by atoms with E-state index in [2.05, 4.69) is 15.9 Å². The van der Waals surface area contributed by atoms with Crippen molar-refractivity contribution in [2.75, 3.05) is 13.7 Å². The monoisotopic (exact) mass is 409 g/mol. The Kier molecular flexibility index (Phi) is 5.27. The standard InChI is InChI=1S/C18H20BrNO3S/c1-23-17-10-9-15(19)13-18(17)24(21,22)20-11-5-8-16(20)12-14-6-3-2-4-7-14/h2-4,6-7,9-10,13,16H,5,8,11-12H2,1H3. The molecule has 0 amide bonds. The van der Waals surface area contributed by atoms with Crippen LogP contribution in [0.25, 0.3) is 0 Å². The van der Waals surface area contributed by atoms with Gasteiger partial charge in [-0.15, -0.1) is 0 Å². The summed E-state index contributed by atoms with van der Waals surface area (Å²) in [5, 5.41) is 0. The molecule has 1 fully saturated rings. The molecule has 6 heteroatoms. The summed E-state index contributed by atoms with van der Waals surface area (Å²) in [5.74, 6) is 0.378. The molecule has 2 aromatic carbocycles. The van der Waals surface area contributed by atoms with Gasteiger partial charge in [-0.1, -0.05) is 46.3 Å². The highest BCUT2D eigenvalue weighted by Gasteiger charge is 2.36. The summed E-state index contributed by atoms with van der Waals surface area (Å²) >= 11 is 3.36. The van der Waals surface area contributed by atoms with Crippen LogP contribution in [0.2, 0.25) is 0 Å². The Labute approximate surface area is 151 Å². The first-order valence-electron chi connectivity index (χ1n) is 7.91. The van der Waals surface area contributed by atoms with Gasteiger partial charge in [-0.3, -0.25) is 0 Å². The van der Waals surface area contributed by atoms with Gasteiger partial charge in [0.15, 0.2) is 0 Å². The molecule has 1 heterocycles. The highest BCUT2D eigenvalue weighted by Crippen LogP contribution is 2.34. The number of nitrogens with zero attached hydrogens (tertiary/aromatic N) is 1. The molecule has 3 rings (SSSR count). The Bertz CT molecular complexity index is 808. The maximum atomic E-state index is 13.2. The molecular formula is C18H20BrNO3S. The summed E-state index contributed by atoms with van der Waals surface area (Å²) < 4.78 is 34.0. The van der Waals surface area contributed by atoms with E-state index in [1.165, 1.54) is 7.11 Å². The third-order valence-corrected chi connectivity index (χ3v) is 6.82. The fourth-order valence-corrected chi connectivity index (χ4v) is 5.58. The summed E-state index contributed by atoms with van der Waals surface area (Å²) in [5.41, 5.74) is 1.16. The second-order valence-electron chi connectivity index (χ2n) is 5.90. The summed E-state index contributed by atoms with van der Waals surface area (Å²) in [6.45, 7) is 0.551. The Morgan fingerprint density at radius 3 is 2.67 bits per heavy atom. The van der Waals surface area contributed by atoms with Gasteiger partial charge in [-0.05, 0) is 43.0 Å². The molecular weight excluding hydrogens is 390 g/mol. The van der Waals surface area contributed by atoms with Crippen LogP contribution in [0.1, 0.15) is 18.4 Å². The van der Waals surface area contributed by atoms with Gasteiger partial charge in [0, 0.05) is 17.1 Å². The second-order valence-corrected chi connectivity index (χ2v) is 8.67. The molecule has 1 aliphatic heterocycles. The van der Waals surface area contributed by atoms with Crippen LogP contribution in [0.3, 0.4) is 0 Å². The van der Waals surface area contributed by atoms with Crippen molar-refractivity contribution in [1.82, 2.24) is 4.31 Å². The SMILES string of the molecule is COc1ccc(Br)cc1S(=O)(=O)N1CCCC1Cc1ccccc1. The summed E-state index contributed by atoms with van der Waals surface area (Å²) in [6.07, 6.45) is 2.49. The van der Waals surface area contributed by atoms with E-state index in [1.54, 1.807) is 22.5 Å². The van der Waals surface area contributed by atoms with Crippen LogP contribution >= 0.6 is 15.9 Å². The molecule has 0 spiro atoms. The fraction of sp³-hybridized carbons (Fsp3) is 0.333. The first-order chi connectivity index (χ1) is 11.5. The zero-order valence-corrected chi connectivity index (χ0v) is 15.9. The van der Waals surface area contributed by atoms with Crippen molar-refractivity contribution in [3.05, 3.63) is 58.6 Å². The third kappa shape index (κ3) is 3.50. The number of benzene rings is 2. The van der Waals surface area contributed by atoms with Crippen molar-refractivity contribution < 1.29 is 13.2 Å². The van der Waals surface area contributed by atoms with Gasteiger partial charge in [-0.25, -0.2) is 8.42 Å². The minimum Gasteiger partial charge on any atom is -0.495 e. The van der Waals surface area contributed by atoms with Crippen molar-refractivity contribution in [1.29, 1.82) is 0 Å². The van der Waals surface area contributed by atoms with Crippen molar-refractivity contribution >= 4 is 26.0 Å². The number of methoxy groups -OCH3 is 1. The van der Waals surface area contributed by atoms with E-state index < -0.39 is 10.0 Å². The van der Waals surface area contributed by atoms with E-state index in [4.69, 9.17) is 4.74 Å². The number of ether oxygens (including phenoxy) is 1. The summed E-state index contributed by atoms with van der Waals surface area (Å²) in [4.78, 5) is 0.222. The largest absolute Gasteiger partial charge is 0.495 e. The van der Waals surface area contributed by atoms with Gasteiger partial charge in [0.2, 0.25) is 10.0 Å². The molecule has 1 aliphatic rings. The van der Waals surface area contributed by atoms with Crippen LogP contribution in [0.15, 0.2) is 57.9 Å². The van der Waals surface area contributed by atoms with Gasteiger partial charge in [0.25, 0.3) is 0 Å². The lowest BCUT2D eigenvalue weighted by atomic mass is 10.1. The minimum atomic E-state index is -3.59. The van der Waals surface area contributed by atoms with E-state index in [-0.39, 0.29) is 10.9 Å². The number of rotatable bonds is 5. The van der Waals surface area contributed by atoms with Crippen molar-refractivity contribution in [3.8, 4) is 5.75 Å². The summed E-state index contributed by atoms with van der Waals surface area (Å²) in [7, 11) is -2.10. The van der Waals surface area contributed by atoms with Crippen LogP contribution in [0.4, 0.5) is 0 Å². The Morgan fingerprint density at radius 1 is 1.21 bits per heavy atom. The van der Waals surface area contributed by atoms with E-state index in [1.807, 2.05) is 30.3 Å². The molecule has 24 heavy (non-hydrogen) atoms. The van der Waals surface area contributed by atoms with Gasteiger partial charge in [-0.2, -0.15) is 4.31 Å². The highest BCUT2D eigenvalue weighted by molar-refractivity contribution is 9.10. The quantitative estimate of drug-likeness (QED) is 0.752. The van der Waals surface area contributed by atoms with Crippen molar-refractivity contribution in [2.24, 2.45) is 0 Å². The molecule has 4 nitrogen and oxygen atoms in total. The van der Waals surface area contributed by atoms with E-state index in [9.17, 15) is 8.42 Å². The molecule has 1 unspecified atom stereocenters. The Balaban J connectivity index is 1.92. The molecule has 128 valence electrons. The Hall–Kier alpha value is -1.37. The highest BCUT2D eigenvalue weighted by atomic mass is 79.9.